The van der Waals surface area contributed by atoms with E-state index in [4.69, 9.17) is 46.8 Å². The molecule has 0 saturated carbocycles. The van der Waals surface area contributed by atoms with Gasteiger partial charge in [0.2, 0.25) is 59.1 Å². The summed E-state index contributed by atoms with van der Waals surface area (Å²) in [5.74, 6) is -10.4. The lowest BCUT2D eigenvalue weighted by molar-refractivity contribution is -0.328. The number of aromatic amines is 1. The summed E-state index contributed by atoms with van der Waals surface area (Å²) in [4.78, 5) is 195. The molecule has 3 saturated heterocycles. The number of halogens is 1. The predicted molar refractivity (Wildman–Crippen MR) is 492 cm³/mol. The number of alkyl carbamates (subject to hydrolysis) is 1. The normalized spacial score (nSPS) is 25.7. The number of hydrogen-bond donors (Lipinski definition) is 16. The summed E-state index contributed by atoms with van der Waals surface area (Å²) in [6.45, 7) is 13.0. The van der Waals surface area contributed by atoms with Crippen LogP contribution in [0.1, 0.15) is 123 Å². The number of primary amides is 1. The summed E-state index contributed by atoms with van der Waals surface area (Å²) < 4.78 is 28.7. The Kier molecular flexibility index (Phi) is 36.9. The van der Waals surface area contributed by atoms with Crippen LogP contribution in [0.4, 0.5) is 15.3 Å². The molecular weight excluding hydrogens is 1770 g/mol. The highest BCUT2D eigenvalue weighted by Gasteiger charge is 2.64. The van der Waals surface area contributed by atoms with Crippen LogP contribution in [0.25, 0.3) is 10.9 Å². The average Bonchev–Trinajstić information content (AvgIpc) is 0.983. The summed E-state index contributed by atoms with van der Waals surface area (Å²) in [5, 5.41) is 61.4. The van der Waals surface area contributed by atoms with Gasteiger partial charge in [-0.3, -0.25) is 53.3 Å². The van der Waals surface area contributed by atoms with Crippen molar-refractivity contribution in [2.45, 2.75) is 226 Å². The van der Waals surface area contributed by atoms with Crippen molar-refractivity contribution in [2.75, 3.05) is 63.6 Å². The molecule has 1 aromatic heterocycles. The Bertz CT molecular complexity index is 4910. The van der Waals surface area contributed by atoms with Gasteiger partial charge >= 0.3 is 18.1 Å². The molecule has 41 heteroatoms. The number of esters is 1. The molecule has 6 heterocycles. The fraction of sp³-hybridized carbons (Fsp3) is 0.511. The third-order valence-corrected chi connectivity index (χ3v) is 28.9. The topological polar surface area (TPSA) is 523 Å². The molecule has 4 aromatic carbocycles. The van der Waals surface area contributed by atoms with E-state index < -0.39 is 190 Å². The van der Waals surface area contributed by atoms with E-state index in [2.05, 4.69) is 58.2 Å². The number of H-pyrrole nitrogens is 1. The van der Waals surface area contributed by atoms with Crippen LogP contribution in [0.5, 0.6) is 11.5 Å². The maximum absolute atomic E-state index is 15.3. The summed E-state index contributed by atoms with van der Waals surface area (Å²) in [6.07, 6.45) is -0.0500. The van der Waals surface area contributed by atoms with Gasteiger partial charge in [0.05, 0.1) is 25.3 Å². The molecule has 0 radical (unpaired) electrons. The highest BCUT2D eigenvalue weighted by molar-refractivity contribution is 8.77. The molecule has 129 heavy (non-hydrogen) atoms. The number of aromatic nitrogens is 1. The zero-order chi connectivity index (χ0) is 94.4. The minimum absolute atomic E-state index is 0.0118. The highest BCUT2D eigenvalue weighted by atomic mass is 35.5. The summed E-state index contributed by atoms with van der Waals surface area (Å²) in [6, 6.07) is 10.5. The van der Waals surface area contributed by atoms with Gasteiger partial charge in [-0.2, -0.15) is 0 Å². The van der Waals surface area contributed by atoms with E-state index in [-0.39, 0.29) is 98.2 Å². The quantitative estimate of drug-likeness (QED) is 0.0177. The number of nitrogens with zero attached hydrogens (tertiary/aromatic N) is 2. The number of aliphatic hydroxyl groups is 2. The van der Waals surface area contributed by atoms with Crippen LogP contribution in [0, 0.1) is 0 Å². The number of hydrogen-bond acceptors (Lipinski definition) is 26. The fourth-order valence-corrected chi connectivity index (χ4v) is 20.8. The highest BCUT2D eigenvalue weighted by Crippen LogP contribution is 2.51. The number of carbonyl (C=O) groups is 13. The number of nitrogens with two attached hydrogens (primary N) is 2. The summed E-state index contributed by atoms with van der Waals surface area (Å²) in [7, 11) is 9.64. The number of para-hydroxylation sites is 1. The van der Waals surface area contributed by atoms with Crippen LogP contribution in [0.2, 0.25) is 5.02 Å². The first-order valence-corrected chi connectivity index (χ1v) is 47.4. The maximum Gasteiger partial charge on any atom is 0.409 e. The molecule has 13 amide bonds. The third kappa shape index (κ3) is 27.7. The lowest BCUT2D eigenvalue weighted by Gasteiger charge is -2.59. The van der Waals surface area contributed by atoms with E-state index in [9.17, 15) is 58.5 Å². The SMILES string of the molecule is CCNC(=O)N[C@H](Cc1ccccc1)C(=O)N[C@H]1CSSC[C@@H](C(=O)N[C@H](C(N)=O)C(C)(C)SSCCC(=O)N(C)[C@@H](C)C(=O)O[C@H]2CC(=O)N(C)c3cc(cc(OC)c3Cl)C/C(C)=C/C=C/[C@@H](OC)[C@@]3(O)C[C@H](OC(=O)N3)C3(C)C[C@@]2(C)O3)NC(=O)[C@H]([C@@H](C)O)NC(=O)[C@H](CCCCN)NC(=O)[C@@H](Cc2c[nH]c3ccccc23)NC(=O)[C@H](Cc2ccc(O)cc2)NC1=O. The van der Waals surface area contributed by atoms with Crippen molar-refractivity contribution in [1.82, 2.24) is 63.1 Å². The van der Waals surface area contributed by atoms with Crippen LogP contribution in [-0.4, -0.2) is 261 Å². The number of amides is 13. The Morgan fingerprint density at radius 1 is 0.829 bits per heavy atom. The molecule has 0 spiro atoms. The molecule has 5 aromatic rings. The van der Waals surface area contributed by atoms with Crippen molar-refractivity contribution in [3.05, 3.63) is 148 Å². The molecule has 702 valence electrons. The van der Waals surface area contributed by atoms with Gasteiger partial charge in [0.15, 0.2) is 5.72 Å². The Morgan fingerprint density at radius 2 is 1.49 bits per heavy atom. The molecule has 5 aliphatic heterocycles. The van der Waals surface area contributed by atoms with E-state index in [0.29, 0.717) is 46.0 Å². The molecule has 5 aliphatic rings. The Balaban J connectivity index is 0.953. The van der Waals surface area contributed by atoms with Gasteiger partial charge in [-0.05, 0) is 140 Å². The number of benzene rings is 4. The Labute approximate surface area is 769 Å². The second-order valence-electron chi connectivity index (χ2n) is 33.3. The molecule has 18 N–H and O–H groups in total. The van der Waals surface area contributed by atoms with Gasteiger partial charge in [-0.15, -0.1) is 0 Å². The number of likely N-dealkylation sites (N-methyl/N-ethyl adjacent to an activating group) is 1. The van der Waals surface area contributed by atoms with E-state index in [1.54, 1.807) is 126 Å². The molecule has 3 fully saturated rings. The number of allylic oxidation sites excluding steroid dienone is 3. The number of carbonyl (C=O) groups excluding carboxylic acids is 13. The van der Waals surface area contributed by atoms with Crippen LogP contribution in [0.3, 0.4) is 0 Å². The monoisotopic (exact) mass is 1880 g/mol. The van der Waals surface area contributed by atoms with Crippen LogP contribution in [0.15, 0.2) is 121 Å². The smallest absolute Gasteiger partial charge is 0.409 e. The number of nitrogens with one attached hydrogen (secondary N) is 11. The number of phenols is 1. The number of urea groups is 1. The lowest BCUT2D eigenvalue weighted by Crippen LogP contribution is -2.72. The third-order valence-electron chi connectivity index (χ3n) is 22.8. The molecule has 16 atom stereocenters. The van der Waals surface area contributed by atoms with Gasteiger partial charge < -0.3 is 113 Å². The van der Waals surface area contributed by atoms with Gasteiger partial charge in [0.25, 0.3) is 0 Å². The Morgan fingerprint density at radius 3 is 2.16 bits per heavy atom. The van der Waals surface area contributed by atoms with Crippen LogP contribution < -0.4 is 74.3 Å². The molecular formula is C88H118ClN15O21S4. The first-order valence-electron chi connectivity index (χ1n) is 42.3. The number of ether oxygens (including phenoxy) is 5. The fourth-order valence-electron chi connectivity index (χ4n) is 15.5. The standard InChI is InChI=1S/C88H118ClN15O21S4/c1-13-92-83(118)99-60(37-51-23-15-14-16-24-51)77(112)97-62-45-127-128-46-63(98-81(116)72(50(4)105)100-75(110)58(27-19-20-34-90)94-78(113)61(41-54-44-93-57-26-18-17-25-56(54)57)96-76(111)59(95-79(62)114)38-52-29-31-55(106)32-30-52)80(115)101-73(74(91)109)85(5,6)129-126-35-33-69(107)103(9)49(3)82(117)123-67-42-70(108)104(10)64-39-53(40-65(121-11)71(64)89)36-48(2)22-21-28-66(122-12)88(120)43-68(124-84(119)102-88)87(8)47-86(67,7)125-87/h14-18,21-26,28-32,39-40,44,49-50,58-63,66-68,72-73,93,105-106,120H,13,19-20,27,33-38,41-43,45-47,90H2,1-12H3,(H2,91,109)(H,94,113)(H,95,114)(H,96,111)(H,97,112)(H,98,116)(H,100,110)(H,101,115)(H,102,119)(H2,92,99,118)/b28-21+,48-22+/t49-,50+,58-,59-,60+,61+,62-,63-,66+,67-,68-,72-,73+,86+,87?,88-/m0/s1. The number of rotatable bonds is 29. The zero-order valence-corrected chi connectivity index (χ0v) is 78.1. The second-order valence-corrected chi connectivity index (χ2v) is 39.3. The first-order chi connectivity index (χ1) is 61.1. The van der Waals surface area contributed by atoms with Crippen molar-refractivity contribution in [1.29, 1.82) is 0 Å². The van der Waals surface area contributed by atoms with Gasteiger partial charge in [-0.25, -0.2) is 14.4 Å². The van der Waals surface area contributed by atoms with Crippen molar-refractivity contribution in [3.63, 3.8) is 0 Å². The minimum atomic E-state index is -1.99. The number of phenolic OH excluding ortho intramolecular Hbond substituents is 1. The van der Waals surface area contributed by atoms with Crippen molar-refractivity contribution in [2.24, 2.45) is 11.5 Å². The molecule has 10 rings (SSSR count). The largest absolute Gasteiger partial charge is 0.508 e. The summed E-state index contributed by atoms with van der Waals surface area (Å²) in [5.41, 5.74) is 11.4. The predicted octanol–water partition coefficient (Wildman–Crippen LogP) is 4.60. The number of unbranched alkanes of at least 4 members (excludes halogenated alkanes) is 1. The number of aromatic hydroxyl groups is 1. The van der Waals surface area contributed by atoms with E-state index in [0.717, 1.165) is 53.6 Å². The van der Waals surface area contributed by atoms with Gasteiger partial charge in [-0.1, -0.05) is 139 Å². The van der Waals surface area contributed by atoms with Crippen LogP contribution in [-0.2, 0) is 97.4 Å². The Hall–Kier alpha value is -10.3. The summed E-state index contributed by atoms with van der Waals surface area (Å²) >= 11 is 6.91. The second kappa shape index (κ2) is 46.5. The van der Waals surface area contributed by atoms with Crippen molar-refractivity contribution < 1.29 is 101 Å². The van der Waals surface area contributed by atoms with Crippen molar-refractivity contribution >= 4 is 149 Å². The molecule has 36 nitrogen and oxygen atoms in total. The maximum atomic E-state index is 15.3. The number of fused-ring (bicyclic) bond motifs is 7. The number of anilines is 1. The van der Waals surface area contributed by atoms with Crippen molar-refractivity contribution in [3.8, 4) is 11.5 Å². The van der Waals surface area contributed by atoms with E-state index >= 15 is 19.2 Å². The van der Waals surface area contributed by atoms with Gasteiger partial charge in [0, 0.05) is 105 Å². The average molecular weight is 1890 g/mol. The van der Waals surface area contributed by atoms with E-state index in [1.165, 1.54) is 71.3 Å². The minimum Gasteiger partial charge on any atom is -0.508 e. The van der Waals surface area contributed by atoms with E-state index in [1.807, 2.05) is 6.92 Å². The zero-order valence-electron chi connectivity index (χ0n) is 74.0. The van der Waals surface area contributed by atoms with Crippen LogP contribution >= 0.6 is 54.8 Å². The molecule has 1 unspecified atom stereocenters. The number of aliphatic hydroxyl groups excluding tert-OH is 1. The molecule has 6 bridgehead atoms. The first kappa shape index (κ1) is 102. The number of methoxy groups -OCH3 is 2. The lowest BCUT2D eigenvalue weighted by atomic mass is 9.72. The van der Waals surface area contributed by atoms with Gasteiger partial charge in [0.1, 0.15) is 100 Å². The molecule has 0 aliphatic carbocycles.